The maximum absolute atomic E-state index is 13.0. The smallest absolute Gasteiger partial charge is 0.230 e. The summed E-state index contributed by atoms with van der Waals surface area (Å²) in [7, 11) is 1.97. The number of hydrogen-bond donors (Lipinski definition) is 1. The van der Waals surface area contributed by atoms with Crippen LogP contribution < -0.4 is 5.32 Å². The molecule has 3 nitrogen and oxygen atoms in total. The predicted octanol–water partition coefficient (Wildman–Crippen LogP) is 3.03. The topological polar surface area (TPSA) is 32.3 Å². The molecule has 0 spiro atoms. The van der Waals surface area contributed by atoms with Crippen LogP contribution in [0.25, 0.3) is 0 Å². The van der Waals surface area contributed by atoms with Gasteiger partial charge in [0.05, 0.1) is 5.92 Å². The van der Waals surface area contributed by atoms with E-state index in [1.807, 2.05) is 30.1 Å². The third-order valence-electron chi connectivity index (χ3n) is 4.80. The zero-order valence-corrected chi connectivity index (χ0v) is 13.5. The number of nitrogens with zero attached hydrogens (tertiary/aromatic N) is 1. The molecule has 116 valence electrons. The van der Waals surface area contributed by atoms with E-state index in [4.69, 9.17) is 0 Å². The SMILES string of the molecule is CCC(C)C(C(=O)N(C)C1CCCNC1)c1ccccc1. The van der Waals surface area contributed by atoms with E-state index in [-0.39, 0.29) is 11.8 Å². The van der Waals surface area contributed by atoms with Gasteiger partial charge in [-0.05, 0) is 30.9 Å². The molecule has 2 rings (SSSR count). The third kappa shape index (κ3) is 3.85. The lowest BCUT2D eigenvalue weighted by Gasteiger charge is -2.35. The summed E-state index contributed by atoms with van der Waals surface area (Å²) in [5.74, 6) is 0.603. The van der Waals surface area contributed by atoms with Crippen LogP contribution in [0.15, 0.2) is 30.3 Å². The number of rotatable bonds is 5. The van der Waals surface area contributed by atoms with Crippen LogP contribution in [-0.4, -0.2) is 37.0 Å². The second-order valence-corrected chi connectivity index (χ2v) is 6.22. The molecule has 1 aromatic rings. The minimum absolute atomic E-state index is 0.0249. The van der Waals surface area contributed by atoms with Gasteiger partial charge in [-0.25, -0.2) is 0 Å². The second-order valence-electron chi connectivity index (χ2n) is 6.22. The van der Waals surface area contributed by atoms with Crippen molar-refractivity contribution in [2.24, 2.45) is 5.92 Å². The Morgan fingerprint density at radius 2 is 2.10 bits per heavy atom. The Balaban J connectivity index is 2.17. The van der Waals surface area contributed by atoms with Crippen LogP contribution >= 0.6 is 0 Å². The van der Waals surface area contributed by atoms with Crippen molar-refractivity contribution in [3.8, 4) is 0 Å². The van der Waals surface area contributed by atoms with Crippen LogP contribution in [-0.2, 0) is 4.79 Å². The van der Waals surface area contributed by atoms with Crippen LogP contribution in [0, 0.1) is 5.92 Å². The van der Waals surface area contributed by atoms with Crippen LogP contribution in [0.2, 0.25) is 0 Å². The van der Waals surface area contributed by atoms with Gasteiger partial charge in [0.2, 0.25) is 5.91 Å². The highest BCUT2D eigenvalue weighted by Gasteiger charge is 2.31. The van der Waals surface area contributed by atoms with E-state index in [2.05, 4.69) is 31.3 Å². The predicted molar refractivity (Wildman–Crippen MR) is 87.3 cm³/mol. The number of piperidine rings is 1. The fourth-order valence-electron chi connectivity index (χ4n) is 3.17. The summed E-state index contributed by atoms with van der Waals surface area (Å²) in [6.07, 6.45) is 3.28. The molecule has 1 aliphatic heterocycles. The van der Waals surface area contributed by atoms with Gasteiger partial charge in [0.1, 0.15) is 0 Å². The molecule has 0 aromatic heterocycles. The van der Waals surface area contributed by atoms with Crippen molar-refractivity contribution in [2.75, 3.05) is 20.1 Å². The minimum atomic E-state index is -0.0249. The Kier molecular flexibility index (Phi) is 5.80. The summed E-state index contributed by atoms with van der Waals surface area (Å²) < 4.78 is 0. The van der Waals surface area contributed by atoms with Crippen LogP contribution in [0.5, 0.6) is 0 Å². The van der Waals surface area contributed by atoms with E-state index in [9.17, 15) is 4.79 Å². The summed E-state index contributed by atoms with van der Waals surface area (Å²) in [6.45, 7) is 6.34. The lowest BCUT2D eigenvalue weighted by molar-refractivity contribution is -0.135. The van der Waals surface area contributed by atoms with Crippen LogP contribution in [0.1, 0.15) is 44.6 Å². The summed E-state index contributed by atoms with van der Waals surface area (Å²) in [6, 6.07) is 10.6. The van der Waals surface area contributed by atoms with E-state index in [1.54, 1.807) is 0 Å². The third-order valence-corrected chi connectivity index (χ3v) is 4.80. The first kappa shape index (κ1) is 16.0. The van der Waals surface area contributed by atoms with Gasteiger partial charge >= 0.3 is 0 Å². The highest BCUT2D eigenvalue weighted by atomic mass is 16.2. The Labute approximate surface area is 128 Å². The number of amides is 1. The monoisotopic (exact) mass is 288 g/mol. The quantitative estimate of drug-likeness (QED) is 0.903. The van der Waals surface area contributed by atoms with E-state index in [0.717, 1.165) is 37.9 Å². The number of carbonyl (C=O) groups excluding carboxylic acids is 1. The molecule has 3 unspecified atom stereocenters. The van der Waals surface area contributed by atoms with E-state index >= 15 is 0 Å². The molecule has 0 radical (unpaired) electrons. The average molecular weight is 288 g/mol. The van der Waals surface area contributed by atoms with Crippen molar-refractivity contribution in [1.29, 1.82) is 0 Å². The first-order chi connectivity index (χ1) is 10.1. The summed E-state index contributed by atoms with van der Waals surface area (Å²) in [4.78, 5) is 15.0. The van der Waals surface area contributed by atoms with Gasteiger partial charge < -0.3 is 10.2 Å². The molecule has 21 heavy (non-hydrogen) atoms. The van der Waals surface area contributed by atoms with Crippen molar-refractivity contribution in [2.45, 2.75) is 45.1 Å². The summed E-state index contributed by atoms with van der Waals surface area (Å²) in [5.41, 5.74) is 1.15. The Hall–Kier alpha value is -1.35. The highest BCUT2D eigenvalue weighted by Crippen LogP contribution is 2.29. The molecule has 1 heterocycles. The van der Waals surface area contributed by atoms with Crippen LogP contribution in [0.4, 0.5) is 0 Å². The zero-order chi connectivity index (χ0) is 15.2. The number of benzene rings is 1. The minimum Gasteiger partial charge on any atom is -0.341 e. The van der Waals surface area contributed by atoms with Gasteiger partial charge in [0, 0.05) is 19.6 Å². The first-order valence-electron chi connectivity index (χ1n) is 8.17. The van der Waals surface area contributed by atoms with E-state index < -0.39 is 0 Å². The largest absolute Gasteiger partial charge is 0.341 e. The lowest BCUT2D eigenvalue weighted by atomic mass is 9.84. The van der Waals surface area contributed by atoms with Crippen LogP contribution in [0.3, 0.4) is 0 Å². The number of nitrogens with one attached hydrogen (secondary N) is 1. The number of hydrogen-bond acceptors (Lipinski definition) is 2. The molecule has 3 atom stereocenters. The molecule has 0 bridgehead atoms. The molecule has 0 saturated carbocycles. The molecule has 3 heteroatoms. The Morgan fingerprint density at radius 1 is 1.38 bits per heavy atom. The standard InChI is InChI=1S/C18H28N2O/c1-4-14(2)17(15-9-6-5-7-10-15)18(21)20(3)16-11-8-12-19-13-16/h5-7,9-10,14,16-17,19H,4,8,11-13H2,1-3H3. The maximum Gasteiger partial charge on any atom is 0.230 e. The average Bonchev–Trinajstić information content (AvgIpc) is 2.55. The molecule has 1 amide bonds. The molecule has 1 aromatic carbocycles. The molecular weight excluding hydrogens is 260 g/mol. The van der Waals surface area contributed by atoms with Gasteiger partial charge in [0.25, 0.3) is 0 Å². The molecule has 1 aliphatic rings. The summed E-state index contributed by atoms with van der Waals surface area (Å²) in [5, 5.41) is 3.40. The summed E-state index contributed by atoms with van der Waals surface area (Å²) >= 11 is 0. The van der Waals surface area contributed by atoms with Gasteiger partial charge in [-0.3, -0.25) is 4.79 Å². The lowest BCUT2D eigenvalue weighted by Crippen LogP contribution is -2.48. The van der Waals surface area contributed by atoms with Crippen molar-refractivity contribution < 1.29 is 4.79 Å². The molecular formula is C18H28N2O. The Morgan fingerprint density at radius 3 is 2.67 bits per heavy atom. The van der Waals surface area contributed by atoms with Crippen molar-refractivity contribution in [1.82, 2.24) is 10.2 Å². The van der Waals surface area contributed by atoms with Gasteiger partial charge in [-0.15, -0.1) is 0 Å². The van der Waals surface area contributed by atoms with Crippen molar-refractivity contribution in [3.05, 3.63) is 35.9 Å². The molecule has 1 fully saturated rings. The maximum atomic E-state index is 13.0. The first-order valence-corrected chi connectivity index (χ1v) is 8.17. The van der Waals surface area contributed by atoms with E-state index in [1.165, 1.54) is 0 Å². The van der Waals surface area contributed by atoms with Crippen molar-refractivity contribution in [3.63, 3.8) is 0 Å². The molecule has 1 saturated heterocycles. The fraction of sp³-hybridized carbons (Fsp3) is 0.611. The van der Waals surface area contributed by atoms with Gasteiger partial charge in [-0.1, -0.05) is 50.6 Å². The fourth-order valence-corrected chi connectivity index (χ4v) is 3.17. The zero-order valence-electron chi connectivity index (χ0n) is 13.5. The van der Waals surface area contributed by atoms with Gasteiger partial charge in [0.15, 0.2) is 0 Å². The van der Waals surface area contributed by atoms with Gasteiger partial charge in [-0.2, -0.15) is 0 Å². The Bertz CT molecular complexity index is 440. The number of carbonyl (C=O) groups is 1. The molecule has 1 N–H and O–H groups in total. The molecule has 0 aliphatic carbocycles. The van der Waals surface area contributed by atoms with Crippen molar-refractivity contribution >= 4 is 5.91 Å². The number of likely N-dealkylation sites (N-methyl/N-ethyl adjacent to an activating group) is 1. The highest BCUT2D eigenvalue weighted by molar-refractivity contribution is 5.84. The normalized spacial score (nSPS) is 21.6. The van der Waals surface area contributed by atoms with E-state index in [0.29, 0.717) is 12.0 Å². The second kappa shape index (κ2) is 7.60.